The number of hydrogen-bond donors (Lipinski definition) is 1. The second-order valence-corrected chi connectivity index (χ2v) is 6.33. The van der Waals surface area contributed by atoms with Crippen LogP contribution in [0, 0.1) is 0 Å². The van der Waals surface area contributed by atoms with Crippen molar-refractivity contribution in [3.63, 3.8) is 0 Å². The molecule has 0 saturated heterocycles. The number of fused-ring (bicyclic) bond motifs is 1. The van der Waals surface area contributed by atoms with Gasteiger partial charge >= 0.3 is 0 Å². The van der Waals surface area contributed by atoms with E-state index in [4.69, 9.17) is 4.42 Å². The zero-order chi connectivity index (χ0) is 15.9. The molecule has 0 radical (unpaired) electrons. The Balaban J connectivity index is 1.54. The first-order valence-corrected chi connectivity index (χ1v) is 8.04. The van der Waals surface area contributed by atoms with Gasteiger partial charge in [0.05, 0.1) is 11.5 Å². The molecule has 1 aliphatic rings. The van der Waals surface area contributed by atoms with E-state index in [-0.39, 0.29) is 17.4 Å². The highest BCUT2D eigenvalue weighted by molar-refractivity contribution is 5.91. The summed E-state index contributed by atoms with van der Waals surface area (Å²) in [6.07, 6.45) is 1.82. The summed E-state index contributed by atoms with van der Waals surface area (Å²) < 4.78 is 5.85. The lowest BCUT2D eigenvalue weighted by Gasteiger charge is -2.18. The van der Waals surface area contributed by atoms with Crippen molar-refractivity contribution in [3.05, 3.63) is 72.0 Å². The van der Waals surface area contributed by atoms with Crippen LogP contribution < -0.4 is 5.32 Å². The minimum atomic E-state index is -0.346. The third-order valence-corrected chi connectivity index (χ3v) is 4.73. The molecule has 0 spiro atoms. The van der Waals surface area contributed by atoms with E-state index in [1.807, 2.05) is 67.6 Å². The molecule has 1 fully saturated rings. The number of nitrogens with one attached hydrogen (secondary N) is 1. The minimum absolute atomic E-state index is 0.0941. The molecular weight excluding hydrogens is 286 g/mol. The van der Waals surface area contributed by atoms with E-state index in [0.717, 1.165) is 35.1 Å². The van der Waals surface area contributed by atoms with E-state index in [1.165, 1.54) is 0 Å². The molecule has 1 heterocycles. The minimum Gasteiger partial charge on any atom is -0.459 e. The zero-order valence-electron chi connectivity index (χ0n) is 13.1. The lowest BCUT2D eigenvalue weighted by molar-refractivity contribution is -0.124. The van der Waals surface area contributed by atoms with Crippen LogP contribution in [-0.4, -0.2) is 5.91 Å². The lowest BCUT2D eigenvalue weighted by atomic mass is 9.94. The van der Waals surface area contributed by atoms with Crippen molar-refractivity contribution in [2.75, 3.05) is 0 Å². The highest BCUT2D eigenvalue weighted by Gasteiger charge is 2.51. The SMILES string of the molecule is CC(NC(=O)C1(c2ccccc2)CC1)c1cc2ccccc2o1. The van der Waals surface area contributed by atoms with Gasteiger partial charge in [0.15, 0.2) is 0 Å². The largest absolute Gasteiger partial charge is 0.459 e. The van der Waals surface area contributed by atoms with Crippen molar-refractivity contribution >= 4 is 16.9 Å². The van der Waals surface area contributed by atoms with Crippen molar-refractivity contribution in [1.82, 2.24) is 5.32 Å². The van der Waals surface area contributed by atoms with Crippen LogP contribution >= 0.6 is 0 Å². The quantitative estimate of drug-likeness (QED) is 0.779. The summed E-state index contributed by atoms with van der Waals surface area (Å²) >= 11 is 0. The molecule has 116 valence electrons. The van der Waals surface area contributed by atoms with E-state index in [2.05, 4.69) is 5.32 Å². The fourth-order valence-corrected chi connectivity index (χ4v) is 3.15. The van der Waals surface area contributed by atoms with Gasteiger partial charge in [-0.2, -0.15) is 0 Å². The first-order valence-electron chi connectivity index (χ1n) is 8.04. The molecule has 1 aliphatic carbocycles. The molecule has 1 N–H and O–H groups in total. The lowest BCUT2D eigenvalue weighted by Crippen LogP contribution is -2.36. The number of benzene rings is 2. The van der Waals surface area contributed by atoms with Crippen LogP contribution in [0.5, 0.6) is 0 Å². The average Bonchev–Trinajstić information content (AvgIpc) is 3.28. The molecule has 0 aliphatic heterocycles. The average molecular weight is 305 g/mol. The van der Waals surface area contributed by atoms with E-state index >= 15 is 0 Å². The Morgan fingerprint density at radius 3 is 2.48 bits per heavy atom. The van der Waals surface area contributed by atoms with Gasteiger partial charge in [0.2, 0.25) is 5.91 Å². The van der Waals surface area contributed by atoms with Crippen molar-refractivity contribution in [2.24, 2.45) is 0 Å². The Morgan fingerprint density at radius 1 is 1.09 bits per heavy atom. The zero-order valence-corrected chi connectivity index (χ0v) is 13.1. The number of carbonyl (C=O) groups excluding carboxylic acids is 1. The summed E-state index contributed by atoms with van der Waals surface area (Å²) in [7, 11) is 0. The predicted molar refractivity (Wildman–Crippen MR) is 90.1 cm³/mol. The van der Waals surface area contributed by atoms with E-state index in [1.54, 1.807) is 0 Å². The van der Waals surface area contributed by atoms with Crippen molar-refractivity contribution < 1.29 is 9.21 Å². The third-order valence-electron chi connectivity index (χ3n) is 4.73. The third kappa shape index (κ3) is 2.42. The van der Waals surface area contributed by atoms with Gasteiger partial charge in [-0.15, -0.1) is 0 Å². The van der Waals surface area contributed by atoms with E-state index in [9.17, 15) is 4.79 Å². The van der Waals surface area contributed by atoms with Gasteiger partial charge in [-0.3, -0.25) is 4.79 Å². The monoisotopic (exact) mass is 305 g/mol. The number of furan rings is 1. The highest BCUT2D eigenvalue weighted by Crippen LogP contribution is 2.48. The topological polar surface area (TPSA) is 42.2 Å². The predicted octanol–water partition coefficient (Wildman–Crippen LogP) is 4.34. The van der Waals surface area contributed by atoms with Gasteiger partial charge in [0, 0.05) is 5.39 Å². The van der Waals surface area contributed by atoms with Gasteiger partial charge in [0.1, 0.15) is 11.3 Å². The van der Waals surface area contributed by atoms with Crippen LogP contribution in [0.15, 0.2) is 65.1 Å². The van der Waals surface area contributed by atoms with Crippen molar-refractivity contribution in [2.45, 2.75) is 31.2 Å². The van der Waals surface area contributed by atoms with E-state index < -0.39 is 0 Å². The Labute approximate surface area is 135 Å². The number of hydrogen-bond acceptors (Lipinski definition) is 2. The molecule has 0 bridgehead atoms. The standard InChI is InChI=1S/C20H19NO2/c1-14(18-13-15-7-5-6-10-17(15)23-18)21-19(22)20(11-12-20)16-8-3-2-4-9-16/h2-10,13-14H,11-12H2,1H3,(H,21,22). The highest BCUT2D eigenvalue weighted by atomic mass is 16.3. The molecule has 1 aromatic heterocycles. The molecule has 1 saturated carbocycles. The molecule has 2 aromatic carbocycles. The molecule has 4 rings (SSSR count). The van der Waals surface area contributed by atoms with Crippen LogP contribution in [-0.2, 0) is 10.2 Å². The van der Waals surface area contributed by atoms with Crippen LogP contribution in [0.25, 0.3) is 11.0 Å². The molecule has 3 aromatic rings. The first kappa shape index (κ1) is 14.1. The maximum atomic E-state index is 12.8. The van der Waals surface area contributed by atoms with Gasteiger partial charge in [0.25, 0.3) is 0 Å². The fraction of sp³-hybridized carbons (Fsp3) is 0.250. The number of amides is 1. The Kier molecular flexibility index (Phi) is 3.22. The van der Waals surface area contributed by atoms with E-state index in [0.29, 0.717) is 0 Å². The number of para-hydroxylation sites is 1. The van der Waals surface area contributed by atoms with Crippen LogP contribution in [0.3, 0.4) is 0 Å². The smallest absolute Gasteiger partial charge is 0.231 e. The summed E-state index contributed by atoms with van der Waals surface area (Å²) in [5.74, 6) is 0.889. The molecule has 3 heteroatoms. The molecule has 1 unspecified atom stereocenters. The second kappa shape index (κ2) is 5.27. The Hall–Kier alpha value is -2.55. The first-order chi connectivity index (χ1) is 11.2. The van der Waals surface area contributed by atoms with Crippen molar-refractivity contribution in [1.29, 1.82) is 0 Å². The fourth-order valence-electron chi connectivity index (χ4n) is 3.15. The van der Waals surface area contributed by atoms with Gasteiger partial charge in [-0.25, -0.2) is 0 Å². The maximum absolute atomic E-state index is 12.8. The summed E-state index contributed by atoms with van der Waals surface area (Å²) in [6.45, 7) is 1.97. The number of rotatable bonds is 4. The maximum Gasteiger partial charge on any atom is 0.231 e. The molecule has 23 heavy (non-hydrogen) atoms. The molecular formula is C20H19NO2. The van der Waals surface area contributed by atoms with Gasteiger partial charge in [-0.05, 0) is 37.5 Å². The molecule has 1 atom stereocenters. The Morgan fingerprint density at radius 2 is 1.78 bits per heavy atom. The summed E-state index contributed by atoms with van der Waals surface area (Å²) in [5, 5.41) is 4.19. The van der Waals surface area contributed by atoms with Crippen LogP contribution in [0.4, 0.5) is 0 Å². The molecule has 1 amide bonds. The van der Waals surface area contributed by atoms with Crippen molar-refractivity contribution in [3.8, 4) is 0 Å². The summed E-state index contributed by atoms with van der Waals surface area (Å²) in [6, 6.07) is 19.8. The second-order valence-electron chi connectivity index (χ2n) is 6.33. The number of carbonyl (C=O) groups is 1. The normalized spacial score (nSPS) is 16.9. The van der Waals surface area contributed by atoms with Crippen LogP contribution in [0.2, 0.25) is 0 Å². The summed E-state index contributed by atoms with van der Waals surface area (Å²) in [5.41, 5.74) is 1.61. The van der Waals surface area contributed by atoms with Gasteiger partial charge < -0.3 is 9.73 Å². The summed E-state index contributed by atoms with van der Waals surface area (Å²) in [4.78, 5) is 12.8. The molecule has 3 nitrogen and oxygen atoms in total. The Bertz CT molecular complexity index is 813. The van der Waals surface area contributed by atoms with Gasteiger partial charge in [-0.1, -0.05) is 48.5 Å². The van der Waals surface area contributed by atoms with Crippen LogP contribution in [0.1, 0.15) is 37.1 Å².